The fourth-order valence-corrected chi connectivity index (χ4v) is 3.29. The quantitative estimate of drug-likeness (QED) is 0.271. The van der Waals surface area contributed by atoms with E-state index in [2.05, 4.69) is 21.0 Å². The highest BCUT2D eigenvalue weighted by atomic mass is 32.2. The molecule has 0 radical (unpaired) electrons. The number of nitro groups is 1. The second-order valence-electron chi connectivity index (χ2n) is 6.97. The molecule has 0 spiro atoms. The topological polar surface area (TPSA) is 175 Å². The van der Waals surface area contributed by atoms with E-state index in [-0.39, 0.29) is 29.3 Å². The van der Waals surface area contributed by atoms with Crippen LogP contribution < -0.4 is 16.6 Å². The Balaban J connectivity index is 1.93. The molecule has 4 N–H and O–H groups in total. The van der Waals surface area contributed by atoms with Crippen molar-refractivity contribution >= 4 is 35.2 Å². The predicted octanol–water partition coefficient (Wildman–Crippen LogP) is 0.814. The number of hydrogen-bond donors (Lipinski definition) is 3. The average molecular weight is 449 g/mol. The molecule has 3 amide bonds. The Morgan fingerprint density at radius 1 is 1.26 bits per heavy atom. The molecule has 31 heavy (non-hydrogen) atoms. The summed E-state index contributed by atoms with van der Waals surface area (Å²) < 4.78 is 1.84. The molecule has 1 heterocycles. The van der Waals surface area contributed by atoms with Gasteiger partial charge in [-0.25, -0.2) is 0 Å². The molecule has 0 aliphatic carbocycles. The van der Waals surface area contributed by atoms with Crippen LogP contribution in [0.2, 0.25) is 0 Å². The van der Waals surface area contributed by atoms with E-state index in [0.717, 1.165) is 17.8 Å². The Morgan fingerprint density at radius 2 is 2.00 bits per heavy atom. The largest absolute Gasteiger partial charge is 0.370 e. The number of nitro benzene ring substituents is 1. The van der Waals surface area contributed by atoms with Crippen molar-refractivity contribution in [1.29, 1.82) is 0 Å². The van der Waals surface area contributed by atoms with Gasteiger partial charge < -0.3 is 10.3 Å². The molecule has 0 unspecified atom stereocenters. The lowest BCUT2D eigenvalue weighted by molar-refractivity contribution is -0.384. The summed E-state index contributed by atoms with van der Waals surface area (Å²) in [6.07, 6.45) is 0.492. The molecule has 0 saturated heterocycles. The SMILES string of the molecule is CC(C)Cn1c(CCC(N)=O)nnc1SCC(=O)NNC(=O)c1cccc([N+](=O)[O-])c1. The van der Waals surface area contributed by atoms with Crippen molar-refractivity contribution in [1.82, 2.24) is 25.6 Å². The lowest BCUT2D eigenvalue weighted by Gasteiger charge is -2.12. The first kappa shape index (κ1) is 23.8. The number of thioether (sulfide) groups is 1. The number of carbonyl (C=O) groups excluding carboxylic acids is 3. The number of amides is 3. The first-order valence-corrected chi connectivity index (χ1v) is 10.3. The summed E-state index contributed by atoms with van der Waals surface area (Å²) in [5.41, 5.74) is 9.48. The highest BCUT2D eigenvalue weighted by Gasteiger charge is 2.17. The third kappa shape index (κ3) is 7.37. The minimum Gasteiger partial charge on any atom is -0.370 e. The highest BCUT2D eigenvalue weighted by molar-refractivity contribution is 7.99. The fourth-order valence-electron chi connectivity index (χ4n) is 2.52. The number of hydrazine groups is 1. The Morgan fingerprint density at radius 3 is 2.65 bits per heavy atom. The fraction of sp³-hybridized carbons (Fsp3) is 0.389. The van der Waals surface area contributed by atoms with E-state index >= 15 is 0 Å². The number of rotatable bonds is 10. The summed E-state index contributed by atoms with van der Waals surface area (Å²) in [5.74, 6) is -0.783. The van der Waals surface area contributed by atoms with Crippen LogP contribution in [0.25, 0.3) is 0 Å². The molecule has 0 atom stereocenters. The van der Waals surface area contributed by atoms with Crippen LogP contribution in [0.1, 0.15) is 36.5 Å². The summed E-state index contributed by atoms with van der Waals surface area (Å²) in [4.78, 5) is 45.4. The lowest BCUT2D eigenvalue weighted by atomic mass is 10.2. The van der Waals surface area contributed by atoms with Gasteiger partial charge in [-0.15, -0.1) is 10.2 Å². The van der Waals surface area contributed by atoms with E-state index in [1.807, 2.05) is 18.4 Å². The highest BCUT2D eigenvalue weighted by Crippen LogP contribution is 2.19. The van der Waals surface area contributed by atoms with Crippen molar-refractivity contribution in [2.45, 2.75) is 38.4 Å². The van der Waals surface area contributed by atoms with Gasteiger partial charge in [0, 0.05) is 37.1 Å². The second-order valence-corrected chi connectivity index (χ2v) is 7.91. The third-order valence-electron chi connectivity index (χ3n) is 3.90. The van der Waals surface area contributed by atoms with E-state index in [1.54, 1.807) is 0 Å². The van der Waals surface area contributed by atoms with Crippen LogP contribution in [0.3, 0.4) is 0 Å². The van der Waals surface area contributed by atoms with Gasteiger partial charge in [-0.2, -0.15) is 0 Å². The predicted molar refractivity (Wildman–Crippen MR) is 112 cm³/mol. The van der Waals surface area contributed by atoms with Gasteiger partial charge in [0.1, 0.15) is 5.82 Å². The van der Waals surface area contributed by atoms with Gasteiger partial charge in [0.15, 0.2) is 5.16 Å². The van der Waals surface area contributed by atoms with E-state index in [1.165, 1.54) is 18.2 Å². The first-order chi connectivity index (χ1) is 14.7. The summed E-state index contributed by atoms with van der Waals surface area (Å²) >= 11 is 1.13. The van der Waals surface area contributed by atoms with Crippen molar-refractivity contribution in [2.24, 2.45) is 11.7 Å². The minimum atomic E-state index is -0.682. The number of aryl methyl sites for hydroxylation is 1. The molecule has 2 rings (SSSR count). The number of benzene rings is 1. The first-order valence-electron chi connectivity index (χ1n) is 9.34. The molecule has 0 aliphatic heterocycles. The van der Waals surface area contributed by atoms with Gasteiger partial charge in [0.05, 0.1) is 10.7 Å². The van der Waals surface area contributed by atoms with Crippen LogP contribution in [0, 0.1) is 16.0 Å². The van der Waals surface area contributed by atoms with Crippen molar-refractivity contribution in [3.8, 4) is 0 Å². The number of carbonyl (C=O) groups is 3. The van der Waals surface area contributed by atoms with Gasteiger partial charge in [0.25, 0.3) is 11.6 Å². The molecule has 0 bridgehead atoms. The van der Waals surface area contributed by atoms with E-state index < -0.39 is 22.6 Å². The number of primary amides is 1. The molecule has 1 aromatic carbocycles. The Hall–Kier alpha value is -3.48. The van der Waals surface area contributed by atoms with Gasteiger partial charge in [-0.3, -0.25) is 35.3 Å². The summed E-state index contributed by atoms with van der Waals surface area (Å²) in [5, 5.41) is 19.5. The van der Waals surface area contributed by atoms with Gasteiger partial charge >= 0.3 is 0 Å². The van der Waals surface area contributed by atoms with Crippen LogP contribution in [-0.4, -0.2) is 43.2 Å². The summed E-state index contributed by atoms with van der Waals surface area (Å²) in [7, 11) is 0. The normalized spacial score (nSPS) is 10.7. The van der Waals surface area contributed by atoms with Crippen LogP contribution in [0.4, 0.5) is 5.69 Å². The summed E-state index contributed by atoms with van der Waals surface area (Å²) in [6, 6.07) is 5.14. The number of aromatic nitrogens is 3. The van der Waals surface area contributed by atoms with Crippen molar-refractivity contribution in [3.05, 3.63) is 45.8 Å². The van der Waals surface area contributed by atoms with Crippen molar-refractivity contribution in [2.75, 3.05) is 5.75 Å². The smallest absolute Gasteiger partial charge is 0.270 e. The Labute approximate surface area is 182 Å². The van der Waals surface area contributed by atoms with Crippen molar-refractivity contribution < 1.29 is 19.3 Å². The molecule has 0 aliphatic rings. The third-order valence-corrected chi connectivity index (χ3v) is 4.87. The van der Waals surface area contributed by atoms with Crippen LogP contribution >= 0.6 is 11.8 Å². The monoisotopic (exact) mass is 449 g/mol. The van der Waals surface area contributed by atoms with E-state index in [0.29, 0.717) is 23.9 Å². The molecule has 13 heteroatoms. The molecule has 166 valence electrons. The molecule has 0 saturated carbocycles. The van der Waals surface area contributed by atoms with Crippen LogP contribution in [0.5, 0.6) is 0 Å². The molecular weight excluding hydrogens is 426 g/mol. The number of nitrogens with two attached hydrogens (primary N) is 1. The molecule has 1 aromatic heterocycles. The maximum absolute atomic E-state index is 12.1. The molecule has 0 fully saturated rings. The van der Waals surface area contributed by atoms with E-state index in [4.69, 9.17) is 5.73 Å². The Kier molecular flexibility index (Phi) is 8.49. The number of hydrogen-bond acceptors (Lipinski definition) is 8. The van der Waals surface area contributed by atoms with Gasteiger partial charge in [0.2, 0.25) is 11.8 Å². The standard InChI is InChI=1S/C18H23N7O5S/c1-11(2)9-24-15(7-6-14(19)26)20-23-18(24)31-10-16(27)21-22-17(28)12-4-3-5-13(8-12)25(29)30/h3-5,8,11H,6-7,9-10H2,1-2H3,(H2,19,26)(H,21,27)(H,22,28). The Bertz CT molecular complexity index is 976. The maximum Gasteiger partial charge on any atom is 0.270 e. The maximum atomic E-state index is 12.1. The van der Waals surface area contributed by atoms with Gasteiger partial charge in [-0.05, 0) is 12.0 Å². The average Bonchev–Trinajstić information content (AvgIpc) is 3.09. The lowest BCUT2D eigenvalue weighted by Crippen LogP contribution is -2.42. The number of nitrogens with zero attached hydrogens (tertiary/aromatic N) is 4. The number of nitrogens with one attached hydrogen (secondary N) is 2. The van der Waals surface area contributed by atoms with Crippen molar-refractivity contribution in [3.63, 3.8) is 0 Å². The van der Waals surface area contributed by atoms with Crippen LogP contribution in [0.15, 0.2) is 29.4 Å². The van der Waals surface area contributed by atoms with Gasteiger partial charge in [-0.1, -0.05) is 31.7 Å². The van der Waals surface area contributed by atoms with E-state index in [9.17, 15) is 24.5 Å². The molecule has 2 aromatic rings. The zero-order valence-electron chi connectivity index (χ0n) is 17.0. The number of non-ortho nitro benzene ring substituents is 1. The minimum absolute atomic E-state index is 0.0397. The zero-order chi connectivity index (χ0) is 23.0. The molecule has 12 nitrogen and oxygen atoms in total. The van der Waals surface area contributed by atoms with Crippen LogP contribution in [-0.2, 0) is 22.6 Å². The summed E-state index contributed by atoms with van der Waals surface area (Å²) in [6.45, 7) is 4.64. The zero-order valence-corrected chi connectivity index (χ0v) is 17.8. The molecular formula is C18H23N7O5S. The second kappa shape index (κ2) is 11.1.